The van der Waals surface area contributed by atoms with E-state index in [0.717, 1.165) is 0 Å². The molecule has 14 heavy (non-hydrogen) atoms. The smallest absolute Gasteiger partial charge is 0.322 e. The Bertz CT molecular complexity index is 259. The van der Waals surface area contributed by atoms with Crippen molar-refractivity contribution in [2.24, 2.45) is 5.73 Å². The van der Waals surface area contributed by atoms with Gasteiger partial charge in [0.1, 0.15) is 14.0 Å². The van der Waals surface area contributed by atoms with Gasteiger partial charge in [0, 0.05) is 0 Å². The molecule has 0 rings (SSSR count). The van der Waals surface area contributed by atoms with Gasteiger partial charge in [0.25, 0.3) is 0 Å². The summed E-state index contributed by atoms with van der Waals surface area (Å²) < 4.78 is 6.53. The van der Waals surface area contributed by atoms with Gasteiger partial charge in [-0.1, -0.05) is 0 Å². The number of carbonyl (C=O) groups is 3. The Labute approximate surface area is 82.1 Å². The average Bonchev–Trinajstić information content (AvgIpc) is 2.14. The molecule has 0 aromatic heterocycles. The minimum atomic E-state index is -1.16. The quantitative estimate of drug-likeness (QED) is 0.386. The molecule has 7 heteroatoms. The normalized spacial score (nSPS) is 12.5. The van der Waals surface area contributed by atoms with Gasteiger partial charge < -0.3 is 21.5 Å². The monoisotopic (exact) mass is 204 g/mol. The lowest BCUT2D eigenvalue weighted by Gasteiger charge is -2.12. The average molecular weight is 204 g/mol. The summed E-state index contributed by atoms with van der Waals surface area (Å²) in [5, 5.41) is 12.7. The van der Waals surface area contributed by atoms with Gasteiger partial charge in [-0.15, -0.1) is 0 Å². The number of rotatable bonds is 6. The highest BCUT2D eigenvalue weighted by Crippen LogP contribution is 1.81. The van der Waals surface area contributed by atoms with Crippen LogP contribution in [0.1, 0.15) is 6.92 Å². The fraction of sp³-hybridized carbons (Fsp3) is 0.571. The zero-order valence-electron chi connectivity index (χ0n) is 8.66. The summed E-state index contributed by atoms with van der Waals surface area (Å²) in [5.74, 6) is -2.26. The highest BCUT2D eigenvalue weighted by Gasteiger charge is 2.14. The van der Waals surface area contributed by atoms with Gasteiger partial charge in [-0.25, -0.2) is 0 Å². The van der Waals surface area contributed by atoms with Gasteiger partial charge >= 0.3 is 5.97 Å². The molecule has 5 N–H and O–H groups in total. The molecule has 2 amide bonds. The molecule has 0 saturated carbocycles. The zero-order valence-corrected chi connectivity index (χ0v) is 7.66. The van der Waals surface area contributed by atoms with Crippen molar-refractivity contribution in [3.8, 4) is 0 Å². The van der Waals surface area contributed by atoms with Crippen LogP contribution >= 0.6 is 0 Å². The van der Waals surface area contributed by atoms with Gasteiger partial charge in [-0.05, 0) is 6.92 Å². The van der Waals surface area contributed by atoms with Crippen LogP contribution in [0, 0.1) is 0 Å². The van der Waals surface area contributed by atoms with Crippen LogP contribution in [0.3, 0.4) is 0 Å². The molecule has 0 aliphatic rings. The summed E-state index contributed by atoms with van der Waals surface area (Å²) >= 11 is 0. The van der Waals surface area contributed by atoms with Crippen LogP contribution in [0.4, 0.5) is 0 Å². The van der Waals surface area contributed by atoms with E-state index in [9.17, 15) is 14.4 Å². The second kappa shape index (κ2) is 5.92. The number of aliphatic carboxylic acids is 1. The Morgan fingerprint density at radius 1 is 1.57 bits per heavy atom. The molecule has 80 valence electrons. The molecule has 0 unspecified atom stereocenters. The van der Waals surface area contributed by atoms with Crippen molar-refractivity contribution in [1.82, 2.24) is 10.6 Å². The molecule has 0 bridgehead atoms. The Morgan fingerprint density at radius 3 is 2.71 bits per heavy atom. The van der Waals surface area contributed by atoms with Crippen LogP contribution in [0.5, 0.6) is 0 Å². The maximum absolute atomic E-state index is 11.1. The fourth-order valence-corrected chi connectivity index (χ4v) is 0.674. The van der Waals surface area contributed by atoms with E-state index < -0.39 is 30.4 Å². The number of amides is 2. The van der Waals surface area contributed by atoms with E-state index in [0.29, 0.717) is 0 Å². The van der Waals surface area contributed by atoms with Gasteiger partial charge in [0.15, 0.2) is 0 Å². The minimum absolute atomic E-state index is 0.226. The van der Waals surface area contributed by atoms with Crippen molar-refractivity contribution in [2.45, 2.75) is 13.0 Å². The van der Waals surface area contributed by atoms with Crippen molar-refractivity contribution < 1.29 is 20.9 Å². The van der Waals surface area contributed by atoms with Crippen LogP contribution < -0.4 is 16.4 Å². The van der Waals surface area contributed by atoms with Crippen LogP contribution in [-0.4, -0.2) is 42.0 Å². The Morgan fingerprint density at radius 2 is 2.21 bits per heavy atom. The van der Waals surface area contributed by atoms with E-state index in [1.807, 2.05) is 5.73 Å². The van der Waals surface area contributed by atoms with Gasteiger partial charge in [-0.3, -0.25) is 14.4 Å². The molecule has 0 aromatic rings. The standard InChI is InChI=1S/C7H13N3O4/c1-4(10-5(11)2-8)7(14)9-3-6(12)13/h4H,2-3,8H2,1H3,(H,9,14)(H,10,11)(H,12,13)/t4-/m0/s1/i/hD. The van der Waals surface area contributed by atoms with E-state index in [2.05, 4.69) is 10.6 Å². The Balaban J connectivity index is 3.88. The molecular formula is C7H13N3O4. The highest BCUT2D eigenvalue weighted by atomic mass is 16.4. The number of hydrogen-bond acceptors (Lipinski definition) is 4. The first-order valence-corrected chi connectivity index (χ1v) is 3.90. The maximum Gasteiger partial charge on any atom is 0.322 e. The summed E-state index contributed by atoms with van der Waals surface area (Å²) in [6.45, 7) is 0.700. The van der Waals surface area contributed by atoms with E-state index in [1.54, 1.807) is 0 Å². The summed E-state index contributed by atoms with van der Waals surface area (Å²) in [7, 11) is 0. The van der Waals surface area contributed by atoms with Crippen molar-refractivity contribution >= 4 is 17.8 Å². The van der Waals surface area contributed by atoms with Crippen LogP contribution in [0.2, 0.25) is 1.41 Å². The lowest BCUT2D eigenvalue weighted by Crippen LogP contribution is -2.47. The third-order valence-electron chi connectivity index (χ3n) is 1.35. The van der Waals surface area contributed by atoms with E-state index in [1.165, 1.54) is 6.92 Å². The molecule has 0 aliphatic carbocycles. The third-order valence-corrected chi connectivity index (χ3v) is 1.35. The van der Waals surface area contributed by atoms with Crippen molar-refractivity contribution in [2.75, 3.05) is 13.1 Å². The van der Waals surface area contributed by atoms with Crippen molar-refractivity contribution in [3.05, 3.63) is 0 Å². The molecule has 0 fully saturated rings. The predicted molar refractivity (Wildman–Crippen MR) is 47.3 cm³/mol. The second-order valence-corrected chi connectivity index (χ2v) is 2.58. The molecule has 0 saturated heterocycles. The highest BCUT2D eigenvalue weighted by molar-refractivity contribution is 5.89. The molecular weight excluding hydrogens is 190 g/mol. The topological polar surface area (TPSA) is 122 Å². The Kier molecular flexibility index (Phi) is 4.42. The minimum Gasteiger partial charge on any atom is -0.480 e. The molecule has 0 aliphatic heterocycles. The summed E-state index contributed by atoms with van der Waals surface area (Å²) in [4.78, 5) is 32.2. The van der Waals surface area contributed by atoms with Crippen LogP contribution in [0.25, 0.3) is 0 Å². The van der Waals surface area contributed by atoms with Crippen LogP contribution in [-0.2, 0) is 14.4 Å². The van der Waals surface area contributed by atoms with Crippen molar-refractivity contribution in [3.63, 3.8) is 0 Å². The summed E-state index contributed by atoms with van der Waals surface area (Å²) in [6.07, 6.45) is 0. The lowest BCUT2D eigenvalue weighted by atomic mass is 10.3. The molecule has 0 radical (unpaired) electrons. The maximum atomic E-state index is 11.1. The number of carbonyl (C=O) groups excluding carboxylic acids is 2. The SMILES string of the molecule is [2H]NCC(=O)N[C@@H](C)C(=O)NCC(=O)O. The van der Waals surface area contributed by atoms with Gasteiger partial charge in [0.2, 0.25) is 11.8 Å². The first kappa shape index (κ1) is 10.5. The molecule has 0 aromatic carbocycles. The molecule has 7 nitrogen and oxygen atoms in total. The fourth-order valence-electron chi connectivity index (χ4n) is 0.674. The number of carboxylic acid groups (broad SMARTS) is 1. The molecule has 0 spiro atoms. The summed E-state index contributed by atoms with van der Waals surface area (Å²) in [6, 6.07) is -0.829. The predicted octanol–water partition coefficient (Wildman–Crippen LogP) is -2.35. The molecule has 1 atom stereocenters. The number of hydrogen-bond donors (Lipinski definition) is 4. The zero-order chi connectivity index (χ0) is 11.8. The first-order valence-electron chi connectivity index (χ1n) is 4.40. The van der Waals surface area contributed by atoms with Crippen molar-refractivity contribution in [1.29, 1.82) is 0 Å². The van der Waals surface area contributed by atoms with E-state index in [4.69, 9.17) is 6.52 Å². The number of nitrogens with two attached hydrogens (primary N) is 1. The van der Waals surface area contributed by atoms with Gasteiger partial charge in [0.05, 0.1) is 6.54 Å². The van der Waals surface area contributed by atoms with Gasteiger partial charge in [-0.2, -0.15) is 0 Å². The molecule has 0 heterocycles. The third kappa shape index (κ3) is 5.09. The lowest BCUT2D eigenvalue weighted by molar-refractivity contribution is -0.138. The first-order chi connectivity index (χ1) is 6.97. The number of carboxylic acids is 1. The number of nitrogens with one attached hydrogen (secondary N) is 2. The largest absolute Gasteiger partial charge is 0.480 e. The van der Waals surface area contributed by atoms with E-state index >= 15 is 0 Å². The Hall–Kier alpha value is -1.63. The van der Waals surface area contributed by atoms with E-state index in [-0.39, 0.29) is 6.54 Å². The summed E-state index contributed by atoms with van der Waals surface area (Å²) in [5.41, 5.74) is 1.87. The van der Waals surface area contributed by atoms with Crippen LogP contribution in [0.15, 0.2) is 0 Å². The second-order valence-electron chi connectivity index (χ2n) is 2.58.